The molecule has 0 saturated carbocycles. The van der Waals surface area contributed by atoms with Crippen LogP contribution in [-0.2, 0) is 17.9 Å². The summed E-state index contributed by atoms with van der Waals surface area (Å²) in [6, 6.07) is 3.95. The third kappa shape index (κ3) is 1.33. The molecule has 84 valence electrons. The zero-order chi connectivity index (χ0) is 11.1. The second-order valence-corrected chi connectivity index (χ2v) is 4.10. The van der Waals surface area contributed by atoms with Gasteiger partial charge in [-0.1, -0.05) is 6.07 Å². The molecule has 2 heterocycles. The third-order valence-electron chi connectivity index (χ3n) is 3.06. The van der Waals surface area contributed by atoms with Crippen molar-refractivity contribution >= 4 is 5.91 Å². The van der Waals surface area contributed by atoms with Crippen molar-refractivity contribution in [2.24, 2.45) is 0 Å². The minimum absolute atomic E-state index is 0.0988. The van der Waals surface area contributed by atoms with Gasteiger partial charge in [-0.15, -0.1) is 0 Å². The Bertz CT molecular complexity index is 456. The molecule has 16 heavy (non-hydrogen) atoms. The van der Waals surface area contributed by atoms with Gasteiger partial charge in [0.05, 0.1) is 6.54 Å². The fourth-order valence-electron chi connectivity index (χ4n) is 2.21. The molecule has 0 bridgehead atoms. The Balaban J connectivity index is 2.01. The molecular weight excluding hydrogens is 206 g/mol. The zero-order valence-corrected chi connectivity index (χ0v) is 9.16. The van der Waals surface area contributed by atoms with Crippen LogP contribution in [0.2, 0.25) is 0 Å². The average molecular weight is 219 g/mol. The van der Waals surface area contributed by atoms with E-state index < -0.39 is 0 Å². The highest BCUT2D eigenvalue weighted by molar-refractivity contribution is 5.74. The molecule has 0 aliphatic carbocycles. The first-order chi connectivity index (χ1) is 7.75. The maximum Gasteiger partial charge on any atom is 0.220 e. The van der Waals surface area contributed by atoms with Crippen LogP contribution in [0, 0.1) is 0 Å². The predicted molar refractivity (Wildman–Crippen MR) is 57.4 cm³/mol. The summed E-state index contributed by atoms with van der Waals surface area (Å²) in [6.07, 6.45) is 0. The first kappa shape index (κ1) is 9.51. The highest BCUT2D eigenvalue weighted by Gasteiger charge is 2.27. The van der Waals surface area contributed by atoms with Crippen molar-refractivity contribution in [2.75, 3.05) is 13.2 Å². The molecule has 0 fully saturated rings. The highest BCUT2D eigenvalue weighted by Crippen LogP contribution is 2.39. The summed E-state index contributed by atoms with van der Waals surface area (Å²) < 4.78 is 11.1. The lowest BCUT2D eigenvalue weighted by molar-refractivity contribution is -0.129. The van der Waals surface area contributed by atoms with Gasteiger partial charge in [0.1, 0.15) is 13.2 Å². The van der Waals surface area contributed by atoms with Gasteiger partial charge in [0.15, 0.2) is 11.5 Å². The number of amides is 1. The van der Waals surface area contributed by atoms with Gasteiger partial charge in [0, 0.05) is 19.0 Å². The predicted octanol–water partition coefficient (Wildman–Crippen LogP) is 1.32. The second-order valence-electron chi connectivity index (χ2n) is 4.10. The van der Waals surface area contributed by atoms with E-state index in [0.29, 0.717) is 26.3 Å². The van der Waals surface area contributed by atoms with Crippen molar-refractivity contribution in [3.63, 3.8) is 0 Å². The maximum atomic E-state index is 11.3. The standard InChI is InChI=1S/C12H13NO3/c1-8(14)13-6-9-2-3-11-12(10(9)7-13)16-5-4-15-11/h2-3H,4-7H2,1H3. The molecule has 1 aromatic carbocycles. The molecule has 0 radical (unpaired) electrons. The van der Waals surface area contributed by atoms with Crippen LogP contribution in [0.15, 0.2) is 12.1 Å². The smallest absolute Gasteiger partial charge is 0.220 e. The third-order valence-corrected chi connectivity index (χ3v) is 3.06. The summed E-state index contributed by atoms with van der Waals surface area (Å²) in [5.41, 5.74) is 2.27. The Morgan fingerprint density at radius 1 is 1.25 bits per heavy atom. The van der Waals surface area contributed by atoms with Crippen LogP contribution in [0.4, 0.5) is 0 Å². The van der Waals surface area contributed by atoms with Crippen molar-refractivity contribution < 1.29 is 14.3 Å². The normalized spacial score (nSPS) is 17.2. The molecular formula is C12H13NO3. The highest BCUT2D eigenvalue weighted by atomic mass is 16.6. The first-order valence-electron chi connectivity index (χ1n) is 5.41. The van der Waals surface area contributed by atoms with E-state index >= 15 is 0 Å². The Hall–Kier alpha value is -1.71. The van der Waals surface area contributed by atoms with Gasteiger partial charge < -0.3 is 14.4 Å². The summed E-state index contributed by atoms with van der Waals surface area (Å²) in [4.78, 5) is 13.1. The number of carbonyl (C=O) groups is 1. The molecule has 2 aliphatic heterocycles. The van der Waals surface area contributed by atoms with E-state index in [9.17, 15) is 4.79 Å². The van der Waals surface area contributed by atoms with Crippen LogP contribution in [0.25, 0.3) is 0 Å². The number of fused-ring (bicyclic) bond motifs is 3. The molecule has 1 amide bonds. The Kier molecular flexibility index (Phi) is 2.02. The number of benzene rings is 1. The molecule has 0 unspecified atom stereocenters. The molecule has 0 saturated heterocycles. The van der Waals surface area contributed by atoms with E-state index in [0.717, 1.165) is 17.1 Å². The quantitative estimate of drug-likeness (QED) is 0.660. The van der Waals surface area contributed by atoms with Crippen molar-refractivity contribution in [1.82, 2.24) is 4.90 Å². The van der Waals surface area contributed by atoms with Gasteiger partial charge in [0.2, 0.25) is 5.91 Å². The number of rotatable bonds is 0. The minimum Gasteiger partial charge on any atom is -0.486 e. The van der Waals surface area contributed by atoms with Crippen LogP contribution >= 0.6 is 0 Å². The molecule has 4 nitrogen and oxygen atoms in total. The van der Waals surface area contributed by atoms with Crippen LogP contribution in [-0.4, -0.2) is 24.0 Å². The van der Waals surface area contributed by atoms with Gasteiger partial charge in [-0.2, -0.15) is 0 Å². The van der Waals surface area contributed by atoms with Crippen LogP contribution < -0.4 is 9.47 Å². The van der Waals surface area contributed by atoms with Gasteiger partial charge in [-0.05, 0) is 11.6 Å². The number of nitrogens with zero attached hydrogens (tertiary/aromatic N) is 1. The van der Waals surface area contributed by atoms with Crippen molar-refractivity contribution in [1.29, 1.82) is 0 Å². The van der Waals surface area contributed by atoms with Crippen molar-refractivity contribution in [3.8, 4) is 11.5 Å². The molecule has 0 aromatic heterocycles. The molecule has 0 N–H and O–H groups in total. The topological polar surface area (TPSA) is 38.8 Å². The van der Waals surface area contributed by atoms with Gasteiger partial charge in [-0.25, -0.2) is 0 Å². The summed E-state index contributed by atoms with van der Waals surface area (Å²) in [7, 11) is 0. The van der Waals surface area contributed by atoms with E-state index in [4.69, 9.17) is 9.47 Å². The van der Waals surface area contributed by atoms with Crippen LogP contribution in [0.5, 0.6) is 11.5 Å². The monoisotopic (exact) mass is 219 g/mol. The summed E-state index contributed by atoms with van der Waals surface area (Å²) in [5, 5.41) is 0. The van der Waals surface area contributed by atoms with Gasteiger partial charge in [0.25, 0.3) is 0 Å². The minimum atomic E-state index is 0.0988. The number of ether oxygens (including phenoxy) is 2. The molecule has 3 rings (SSSR count). The largest absolute Gasteiger partial charge is 0.486 e. The fourth-order valence-corrected chi connectivity index (χ4v) is 2.21. The summed E-state index contributed by atoms with van der Waals surface area (Å²) in [5.74, 6) is 1.73. The maximum absolute atomic E-state index is 11.3. The summed E-state index contributed by atoms with van der Waals surface area (Å²) >= 11 is 0. The Morgan fingerprint density at radius 2 is 2.06 bits per heavy atom. The molecule has 0 spiro atoms. The number of hydrogen-bond donors (Lipinski definition) is 0. The Morgan fingerprint density at radius 3 is 2.88 bits per heavy atom. The lowest BCUT2D eigenvalue weighted by Crippen LogP contribution is -2.22. The van der Waals surface area contributed by atoms with Crippen molar-refractivity contribution in [3.05, 3.63) is 23.3 Å². The van der Waals surface area contributed by atoms with E-state index in [1.54, 1.807) is 6.92 Å². The molecule has 0 atom stereocenters. The summed E-state index contributed by atoms with van der Waals surface area (Å²) in [6.45, 7) is 4.10. The van der Waals surface area contributed by atoms with E-state index in [2.05, 4.69) is 0 Å². The molecule has 2 aliphatic rings. The Labute approximate surface area is 93.8 Å². The van der Waals surface area contributed by atoms with Crippen molar-refractivity contribution in [2.45, 2.75) is 20.0 Å². The number of hydrogen-bond acceptors (Lipinski definition) is 3. The number of carbonyl (C=O) groups excluding carboxylic acids is 1. The van der Waals surface area contributed by atoms with Crippen LogP contribution in [0.3, 0.4) is 0 Å². The van der Waals surface area contributed by atoms with Gasteiger partial charge >= 0.3 is 0 Å². The lowest BCUT2D eigenvalue weighted by atomic mass is 10.1. The van der Waals surface area contributed by atoms with Gasteiger partial charge in [-0.3, -0.25) is 4.79 Å². The SMILES string of the molecule is CC(=O)N1Cc2ccc3c(c2C1)OCCO3. The first-order valence-corrected chi connectivity index (χ1v) is 5.41. The molecule has 4 heteroatoms. The van der Waals surface area contributed by atoms with E-state index in [-0.39, 0.29) is 5.91 Å². The lowest BCUT2D eigenvalue weighted by Gasteiger charge is -2.20. The van der Waals surface area contributed by atoms with E-state index in [1.165, 1.54) is 5.56 Å². The van der Waals surface area contributed by atoms with E-state index in [1.807, 2.05) is 17.0 Å². The van der Waals surface area contributed by atoms with Crippen LogP contribution in [0.1, 0.15) is 18.1 Å². The molecule has 1 aromatic rings. The average Bonchev–Trinajstić information content (AvgIpc) is 2.73. The second kappa shape index (κ2) is 3.40. The fraction of sp³-hybridized carbons (Fsp3) is 0.417. The zero-order valence-electron chi connectivity index (χ0n) is 9.16.